The molecule has 1 saturated heterocycles. The summed E-state index contributed by atoms with van der Waals surface area (Å²) in [4.78, 5) is 11.2. The summed E-state index contributed by atoms with van der Waals surface area (Å²) in [5.74, 6) is 1.79. The van der Waals surface area contributed by atoms with Gasteiger partial charge in [0.15, 0.2) is 5.96 Å². The van der Waals surface area contributed by atoms with E-state index >= 15 is 0 Å². The number of nitrogens with one attached hydrogen (secondary N) is 2. The second-order valence-electron chi connectivity index (χ2n) is 6.92. The maximum atomic E-state index is 5.59. The molecule has 1 fully saturated rings. The molecular formula is C21H30IN5O. The van der Waals surface area contributed by atoms with E-state index in [2.05, 4.69) is 75.8 Å². The zero-order valence-corrected chi connectivity index (χ0v) is 19.1. The lowest BCUT2D eigenvalue weighted by Gasteiger charge is -2.32. The minimum Gasteiger partial charge on any atom is -0.375 e. The molecule has 2 N–H and O–H groups in total. The Hall–Kier alpha value is -1.87. The summed E-state index contributed by atoms with van der Waals surface area (Å²) in [6.45, 7) is 8.17. The number of guanidine groups is 1. The first-order chi connectivity index (χ1) is 13.1. The van der Waals surface area contributed by atoms with Crippen LogP contribution in [0.15, 0.2) is 47.6 Å². The Morgan fingerprint density at radius 3 is 2.64 bits per heavy atom. The van der Waals surface area contributed by atoms with Gasteiger partial charge in [0.1, 0.15) is 5.82 Å². The Morgan fingerprint density at radius 1 is 1.21 bits per heavy atom. The smallest absolute Gasteiger partial charge is 0.191 e. The molecule has 1 aliphatic rings. The van der Waals surface area contributed by atoms with E-state index in [-0.39, 0.29) is 30.1 Å². The number of ether oxygens (including phenoxy) is 1. The van der Waals surface area contributed by atoms with Crippen LogP contribution in [0.2, 0.25) is 0 Å². The molecule has 0 amide bonds. The van der Waals surface area contributed by atoms with Crippen LogP contribution in [-0.2, 0) is 17.8 Å². The molecule has 1 aliphatic heterocycles. The number of aliphatic imine (C=N–C) groups is 1. The van der Waals surface area contributed by atoms with Crippen LogP contribution in [0, 0.1) is 6.92 Å². The van der Waals surface area contributed by atoms with Crippen LogP contribution in [0.4, 0.5) is 5.82 Å². The van der Waals surface area contributed by atoms with Crippen LogP contribution in [0.5, 0.6) is 0 Å². The Balaban J connectivity index is 0.00000280. The average molecular weight is 495 g/mol. The third-order valence-electron chi connectivity index (χ3n) is 4.60. The van der Waals surface area contributed by atoms with Crippen LogP contribution in [-0.4, -0.2) is 43.8 Å². The van der Waals surface area contributed by atoms with Gasteiger partial charge in [0.05, 0.1) is 12.7 Å². The number of halogens is 1. The molecule has 0 spiro atoms. The van der Waals surface area contributed by atoms with Crippen molar-refractivity contribution in [1.82, 2.24) is 15.6 Å². The molecule has 0 aliphatic carbocycles. The van der Waals surface area contributed by atoms with Gasteiger partial charge in [0.25, 0.3) is 0 Å². The lowest BCUT2D eigenvalue weighted by molar-refractivity contribution is 0.0529. The van der Waals surface area contributed by atoms with Crippen molar-refractivity contribution in [1.29, 1.82) is 0 Å². The third kappa shape index (κ3) is 6.63. The Kier molecular flexibility index (Phi) is 8.98. The maximum absolute atomic E-state index is 5.59. The van der Waals surface area contributed by atoms with E-state index in [1.54, 1.807) is 7.05 Å². The van der Waals surface area contributed by atoms with Crippen LogP contribution in [0.3, 0.4) is 0 Å². The first kappa shape index (κ1) is 22.4. The minimum atomic E-state index is 0. The van der Waals surface area contributed by atoms with Crippen LogP contribution in [0.25, 0.3) is 0 Å². The summed E-state index contributed by atoms with van der Waals surface area (Å²) in [6.07, 6.45) is 2.18. The number of hydrogen-bond donors (Lipinski definition) is 2. The number of anilines is 1. The molecule has 152 valence electrons. The summed E-state index contributed by atoms with van der Waals surface area (Å²) in [7, 11) is 1.78. The standard InChI is InChI=1S/C21H29N5O.HI/c1-16-5-4-6-18(11-16)12-24-21(22-3)25-14-19-7-8-20(23-13-19)26-9-10-27-17(2)15-26;/h4-8,11,13,17H,9-10,12,14-15H2,1-3H3,(H2,22,24,25);1H. The zero-order valence-electron chi connectivity index (χ0n) is 16.8. The van der Waals surface area contributed by atoms with Crippen LogP contribution >= 0.6 is 24.0 Å². The predicted molar refractivity (Wildman–Crippen MR) is 125 cm³/mol. The molecule has 3 rings (SSSR count). The van der Waals surface area contributed by atoms with Crippen molar-refractivity contribution in [2.24, 2.45) is 4.99 Å². The molecule has 2 aromatic rings. The highest BCUT2D eigenvalue weighted by Gasteiger charge is 2.17. The minimum absolute atomic E-state index is 0. The van der Waals surface area contributed by atoms with E-state index in [1.807, 2.05) is 6.20 Å². The maximum Gasteiger partial charge on any atom is 0.191 e. The van der Waals surface area contributed by atoms with Crippen molar-refractivity contribution < 1.29 is 4.74 Å². The highest BCUT2D eigenvalue weighted by Crippen LogP contribution is 2.15. The van der Waals surface area contributed by atoms with E-state index in [0.717, 1.165) is 43.6 Å². The molecule has 6 nitrogen and oxygen atoms in total. The zero-order chi connectivity index (χ0) is 19.1. The van der Waals surface area contributed by atoms with E-state index in [1.165, 1.54) is 11.1 Å². The quantitative estimate of drug-likeness (QED) is 0.380. The van der Waals surface area contributed by atoms with E-state index in [9.17, 15) is 0 Å². The van der Waals surface area contributed by atoms with E-state index < -0.39 is 0 Å². The van der Waals surface area contributed by atoms with Gasteiger partial charge in [-0.3, -0.25) is 4.99 Å². The normalized spacial score (nSPS) is 17.0. The largest absolute Gasteiger partial charge is 0.375 e. The van der Waals surface area contributed by atoms with Gasteiger partial charge in [-0.1, -0.05) is 35.9 Å². The Bertz CT molecular complexity index is 766. The molecule has 0 radical (unpaired) electrons. The first-order valence-electron chi connectivity index (χ1n) is 9.45. The molecule has 2 heterocycles. The Morgan fingerprint density at radius 2 is 2.00 bits per heavy atom. The second kappa shape index (κ2) is 11.2. The summed E-state index contributed by atoms with van der Waals surface area (Å²) in [6, 6.07) is 12.7. The molecule has 1 aromatic heterocycles. The molecule has 1 atom stereocenters. The number of aryl methyl sites for hydroxylation is 1. The van der Waals surface area contributed by atoms with Crippen molar-refractivity contribution in [3.05, 3.63) is 59.3 Å². The first-order valence-corrected chi connectivity index (χ1v) is 9.45. The summed E-state index contributed by atoms with van der Waals surface area (Å²) in [5.41, 5.74) is 3.63. The lowest BCUT2D eigenvalue weighted by atomic mass is 10.1. The summed E-state index contributed by atoms with van der Waals surface area (Å²) < 4.78 is 5.59. The highest BCUT2D eigenvalue weighted by atomic mass is 127. The van der Waals surface area contributed by atoms with Crippen molar-refractivity contribution >= 4 is 35.8 Å². The SMILES string of the molecule is CN=C(NCc1ccc(N2CCOC(C)C2)nc1)NCc1cccc(C)c1.I. The molecule has 1 unspecified atom stereocenters. The number of pyridine rings is 1. The van der Waals surface area contributed by atoms with Crippen molar-refractivity contribution in [2.45, 2.75) is 33.0 Å². The van der Waals surface area contributed by atoms with Gasteiger partial charge < -0.3 is 20.3 Å². The van der Waals surface area contributed by atoms with Gasteiger partial charge in [-0.05, 0) is 31.0 Å². The average Bonchev–Trinajstić information content (AvgIpc) is 2.69. The number of benzene rings is 1. The van der Waals surface area contributed by atoms with E-state index in [4.69, 9.17) is 4.74 Å². The van der Waals surface area contributed by atoms with Gasteiger partial charge in [0.2, 0.25) is 0 Å². The molecule has 28 heavy (non-hydrogen) atoms. The van der Waals surface area contributed by atoms with Gasteiger partial charge in [-0.15, -0.1) is 24.0 Å². The van der Waals surface area contributed by atoms with Crippen LogP contribution < -0.4 is 15.5 Å². The van der Waals surface area contributed by atoms with Gasteiger partial charge in [0, 0.05) is 39.4 Å². The summed E-state index contributed by atoms with van der Waals surface area (Å²) in [5, 5.41) is 6.69. The van der Waals surface area contributed by atoms with Crippen LogP contribution in [0.1, 0.15) is 23.6 Å². The number of rotatable bonds is 5. The van der Waals surface area contributed by atoms with Crippen molar-refractivity contribution in [3.8, 4) is 0 Å². The van der Waals surface area contributed by atoms with Gasteiger partial charge >= 0.3 is 0 Å². The van der Waals surface area contributed by atoms with Gasteiger partial charge in [-0.25, -0.2) is 4.98 Å². The van der Waals surface area contributed by atoms with Crippen molar-refractivity contribution in [3.63, 3.8) is 0 Å². The fourth-order valence-corrected chi connectivity index (χ4v) is 3.15. The molecule has 0 bridgehead atoms. The van der Waals surface area contributed by atoms with Gasteiger partial charge in [-0.2, -0.15) is 0 Å². The Labute approximate surface area is 184 Å². The second-order valence-corrected chi connectivity index (χ2v) is 6.92. The molecule has 1 aromatic carbocycles. The van der Waals surface area contributed by atoms with Crippen molar-refractivity contribution in [2.75, 3.05) is 31.6 Å². The summed E-state index contributed by atoms with van der Waals surface area (Å²) >= 11 is 0. The molecule has 0 saturated carbocycles. The monoisotopic (exact) mass is 495 g/mol. The number of aromatic nitrogens is 1. The highest BCUT2D eigenvalue weighted by molar-refractivity contribution is 14.0. The van der Waals surface area contributed by atoms with E-state index in [0.29, 0.717) is 6.54 Å². The third-order valence-corrected chi connectivity index (χ3v) is 4.60. The topological polar surface area (TPSA) is 61.8 Å². The fourth-order valence-electron chi connectivity index (χ4n) is 3.15. The molecular weight excluding hydrogens is 465 g/mol. The lowest BCUT2D eigenvalue weighted by Crippen LogP contribution is -2.41. The number of nitrogens with zero attached hydrogens (tertiary/aromatic N) is 3. The predicted octanol–water partition coefficient (Wildman–Crippen LogP) is 3.10. The fraction of sp³-hybridized carbons (Fsp3) is 0.429. The number of morpholine rings is 1. The number of hydrogen-bond acceptors (Lipinski definition) is 4. The molecule has 7 heteroatoms.